The molecule has 0 fully saturated rings. The summed E-state index contributed by atoms with van der Waals surface area (Å²) in [6.45, 7) is 0.144. The van der Waals surface area contributed by atoms with E-state index in [0.29, 0.717) is 5.75 Å². The molecule has 9 heteroatoms. The van der Waals surface area contributed by atoms with Crippen molar-refractivity contribution in [3.8, 4) is 11.5 Å². The van der Waals surface area contributed by atoms with Gasteiger partial charge < -0.3 is 25.8 Å². The van der Waals surface area contributed by atoms with Crippen molar-refractivity contribution in [3.63, 3.8) is 0 Å². The summed E-state index contributed by atoms with van der Waals surface area (Å²) < 4.78 is 34.1. The third kappa shape index (κ3) is 5.99. The summed E-state index contributed by atoms with van der Waals surface area (Å²) in [6, 6.07) is 3.24. The van der Waals surface area contributed by atoms with Gasteiger partial charge in [0.2, 0.25) is 11.8 Å². The number of nitrogens with two attached hydrogens (primary N) is 1. The molecule has 2 amide bonds. The zero-order chi connectivity index (χ0) is 18.3. The minimum absolute atomic E-state index is 0.00190. The number of carbonyl (C=O) groups is 2. The second kappa shape index (κ2) is 9.02. The summed E-state index contributed by atoms with van der Waals surface area (Å²) in [5, 5.41) is 4.76. The van der Waals surface area contributed by atoms with Gasteiger partial charge in [0.05, 0.1) is 25.4 Å². The zero-order valence-electron chi connectivity index (χ0n) is 13.6. The molecule has 4 N–H and O–H groups in total. The van der Waals surface area contributed by atoms with Crippen molar-refractivity contribution in [1.29, 1.82) is 0 Å². The van der Waals surface area contributed by atoms with Crippen LogP contribution in [0.5, 0.6) is 11.5 Å². The number of nitrogens with one attached hydrogen (secondary N) is 2. The Morgan fingerprint density at radius 2 is 1.96 bits per heavy atom. The van der Waals surface area contributed by atoms with Gasteiger partial charge >= 0.3 is 6.61 Å². The van der Waals surface area contributed by atoms with Gasteiger partial charge in [0, 0.05) is 6.07 Å². The van der Waals surface area contributed by atoms with E-state index >= 15 is 0 Å². The summed E-state index contributed by atoms with van der Waals surface area (Å²) in [7, 11) is 1.39. The predicted molar refractivity (Wildman–Crippen MR) is 84.1 cm³/mol. The van der Waals surface area contributed by atoms with E-state index in [1.165, 1.54) is 25.3 Å². The maximum absolute atomic E-state index is 12.4. The minimum atomic E-state index is -3.04. The SMILES string of the molecule is COc1ccc(OC(F)F)c(NC(=O)CNC(=O)[C@@H](N)C(C)C)c1. The van der Waals surface area contributed by atoms with Crippen LogP contribution in [-0.4, -0.2) is 38.1 Å². The van der Waals surface area contributed by atoms with E-state index in [9.17, 15) is 18.4 Å². The molecule has 0 saturated carbocycles. The zero-order valence-corrected chi connectivity index (χ0v) is 13.6. The smallest absolute Gasteiger partial charge is 0.387 e. The number of halogens is 2. The van der Waals surface area contributed by atoms with Crippen molar-refractivity contribution >= 4 is 17.5 Å². The van der Waals surface area contributed by atoms with E-state index in [0.717, 1.165) is 0 Å². The van der Waals surface area contributed by atoms with Crippen LogP contribution in [0.2, 0.25) is 0 Å². The first-order valence-electron chi connectivity index (χ1n) is 7.20. The molecular formula is C15H21F2N3O4. The Labute approximate surface area is 138 Å². The van der Waals surface area contributed by atoms with Gasteiger partial charge in [0.25, 0.3) is 0 Å². The number of benzene rings is 1. The van der Waals surface area contributed by atoms with Crippen LogP contribution in [0.25, 0.3) is 0 Å². The van der Waals surface area contributed by atoms with E-state index in [1.54, 1.807) is 13.8 Å². The number of hydrogen-bond acceptors (Lipinski definition) is 5. The molecule has 0 heterocycles. The third-order valence-electron chi connectivity index (χ3n) is 3.12. The Hall–Kier alpha value is -2.42. The number of ether oxygens (including phenoxy) is 2. The van der Waals surface area contributed by atoms with Crippen LogP contribution in [0.15, 0.2) is 18.2 Å². The lowest BCUT2D eigenvalue weighted by Gasteiger charge is -2.16. The summed E-state index contributed by atoms with van der Waals surface area (Å²) in [5.74, 6) is -1.05. The molecule has 134 valence electrons. The molecule has 1 atom stereocenters. The summed E-state index contributed by atoms with van der Waals surface area (Å²) in [6.07, 6.45) is 0. The first kappa shape index (κ1) is 19.6. The number of methoxy groups -OCH3 is 1. The highest BCUT2D eigenvalue weighted by molar-refractivity contribution is 5.96. The lowest BCUT2D eigenvalue weighted by atomic mass is 10.1. The van der Waals surface area contributed by atoms with Gasteiger partial charge in [-0.3, -0.25) is 9.59 Å². The van der Waals surface area contributed by atoms with Crippen LogP contribution in [0.4, 0.5) is 14.5 Å². The predicted octanol–water partition coefficient (Wildman–Crippen LogP) is 1.33. The molecule has 0 aromatic heterocycles. The van der Waals surface area contributed by atoms with Crippen molar-refractivity contribution in [2.75, 3.05) is 19.0 Å². The quantitative estimate of drug-likeness (QED) is 0.660. The number of carbonyl (C=O) groups excluding carboxylic acids is 2. The Morgan fingerprint density at radius 3 is 2.50 bits per heavy atom. The molecule has 0 aliphatic heterocycles. The minimum Gasteiger partial charge on any atom is -0.497 e. The van der Waals surface area contributed by atoms with E-state index < -0.39 is 24.5 Å². The summed E-state index contributed by atoms with van der Waals surface area (Å²) in [5.41, 5.74) is 5.65. The third-order valence-corrected chi connectivity index (χ3v) is 3.12. The van der Waals surface area contributed by atoms with Crippen molar-refractivity contribution in [2.45, 2.75) is 26.5 Å². The molecule has 24 heavy (non-hydrogen) atoms. The van der Waals surface area contributed by atoms with Gasteiger partial charge in [0.1, 0.15) is 11.5 Å². The molecule has 0 aliphatic carbocycles. The topological polar surface area (TPSA) is 103 Å². The number of amides is 2. The Bertz CT molecular complexity index is 582. The van der Waals surface area contributed by atoms with E-state index in [2.05, 4.69) is 15.4 Å². The van der Waals surface area contributed by atoms with Gasteiger partial charge in [-0.25, -0.2) is 0 Å². The van der Waals surface area contributed by atoms with Crippen molar-refractivity contribution < 1.29 is 27.8 Å². The molecule has 0 unspecified atom stereocenters. The molecule has 0 aliphatic rings. The molecule has 0 spiro atoms. The van der Waals surface area contributed by atoms with Crippen molar-refractivity contribution in [2.24, 2.45) is 11.7 Å². The first-order valence-corrected chi connectivity index (χ1v) is 7.20. The van der Waals surface area contributed by atoms with Gasteiger partial charge in [0.15, 0.2) is 0 Å². The molecule has 7 nitrogen and oxygen atoms in total. The largest absolute Gasteiger partial charge is 0.497 e. The highest BCUT2D eigenvalue weighted by Crippen LogP contribution is 2.30. The van der Waals surface area contributed by atoms with Crippen LogP contribution in [-0.2, 0) is 9.59 Å². The molecule has 1 aromatic rings. The molecule has 1 aromatic carbocycles. The average Bonchev–Trinajstić information content (AvgIpc) is 2.52. The van der Waals surface area contributed by atoms with Gasteiger partial charge in [-0.2, -0.15) is 8.78 Å². The fourth-order valence-electron chi connectivity index (χ4n) is 1.71. The maximum atomic E-state index is 12.4. The fourth-order valence-corrected chi connectivity index (χ4v) is 1.71. The van der Waals surface area contributed by atoms with E-state index in [4.69, 9.17) is 10.5 Å². The standard InChI is InChI=1S/C15H21F2N3O4/c1-8(2)13(18)14(22)19-7-12(21)20-10-6-9(23-3)4-5-11(10)24-15(16)17/h4-6,8,13,15H,7,18H2,1-3H3,(H,19,22)(H,20,21)/t13-/m0/s1. The monoisotopic (exact) mass is 345 g/mol. The van der Waals surface area contributed by atoms with Gasteiger partial charge in [-0.15, -0.1) is 0 Å². The van der Waals surface area contributed by atoms with Crippen molar-refractivity contribution in [1.82, 2.24) is 5.32 Å². The van der Waals surface area contributed by atoms with Crippen molar-refractivity contribution in [3.05, 3.63) is 18.2 Å². The second-order valence-corrected chi connectivity index (χ2v) is 5.28. The number of alkyl halides is 2. The maximum Gasteiger partial charge on any atom is 0.387 e. The summed E-state index contributed by atoms with van der Waals surface area (Å²) in [4.78, 5) is 23.6. The number of rotatable bonds is 8. The molecule has 0 saturated heterocycles. The summed E-state index contributed by atoms with van der Waals surface area (Å²) >= 11 is 0. The van der Waals surface area contributed by atoms with Crippen LogP contribution in [0, 0.1) is 5.92 Å². The second-order valence-electron chi connectivity index (χ2n) is 5.28. The Morgan fingerprint density at radius 1 is 1.29 bits per heavy atom. The van der Waals surface area contributed by atoms with Crippen LogP contribution >= 0.6 is 0 Å². The van der Waals surface area contributed by atoms with Crippen LogP contribution in [0.1, 0.15) is 13.8 Å². The average molecular weight is 345 g/mol. The Balaban J connectivity index is 2.73. The Kier molecular flexibility index (Phi) is 7.37. The number of anilines is 1. The fraction of sp³-hybridized carbons (Fsp3) is 0.467. The lowest BCUT2D eigenvalue weighted by Crippen LogP contribution is -2.46. The first-order chi connectivity index (χ1) is 11.2. The number of hydrogen-bond donors (Lipinski definition) is 3. The lowest BCUT2D eigenvalue weighted by molar-refractivity contribution is -0.125. The molecule has 0 bridgehead atoms. The molecule has 1 rings (SSSR count). The molecular weight excluding hydrogens is 324 g/mol. The van der Waals surface area contributed by atoms with E-state index in [1.807, 2.05) is 0 Å². The van der Waals surface area contributed by atoms with Gasteiger partial charge in [-0.1, -0.05) is 13.8 Å². The van der Waals surface area contributed by atoms with E-state index in [-0.39, 0.29) is 23.9 Å². The van der Waals surface area contributed by atoms with Gasteiger partial charge in [-0.05, 0) is 18.1 Å². The highest BCUT2D eigenvalue weighted by atomic mass is 19.3. The van der Waals surface area contributed by atoms with Crippen LogP contribution < -0.4 is 25.8 Å². The molecule has 0 radical (unpaired) electrons. The highest BCUT2D eigenvalue weighted by Gasteiger charge is 2.18. The normalized spacial score (nSPS) is 12.0. The van der Waals surface area contributed by atoms with Crippen LogP contribution in [0.3, 0.4) is 0 Å².